The number of phenols is 1. The zero-order valence-electron chi connectivity index (χ0n) is 16.9. The Morgan fingerprint density at radius 3 is 2.36 bits per heavy atom. The van der Waals surface area contributed by atoms with Crippen molar-refractivity contribution < 1.29 is 19.4 Å². The van der Waals surface area contributed by atoms with Crippen LogP contribution in [0.25, 0.3) is 10.8 Å². The molecule has 5 heteroatoms. The van der Waals surface area contributed by atoms with E-state index in [2.05, 4.69) is 0 Å². The van der Waals surface area contributed by atoms with Crippen molar-refractivity contribution in [2.75, 3.05) is 13.9 Å². The van der Waals surface area contributed by atoms with E-state index in [-0.39, 0.29) is 29.9 Å². The molecule has 3 aromatic rings. The van der Waals surface area contributed by atoms with E-state index in [1.54, 1.807) is 25.6 Å². The van der Waals surface area contributed by atoms with E-state index < -0.39 is 0 Å². The standard InChI is InChI=1S/C23H27NO4/c1-5-8-18-21(25)20(11-19(15(2)3)22(18)28-14-27-4)23(26)24-12-16-9-6-7-10-17(16)13-24/h6-7,9-13,15,25H,5,8,14H2,1-4H3. The molecule has 0 fully saturated rings. The summed E-state index contributed by atoms with van der Waals surface area (Å²) in [7, 11) is 1.56. The highest BCUT2D eigenvalue weighted by Gasteiger charge is 2.24. The third kappa shape index (κ3) is 3.76. The predicted molar refractivity (Wildman–Crippen MR) is 110 cm³/mol. The highest BCUT2D eigenvalue weighted by Crippen LogP contribution is 2.40. The van der Waals surface area contributed by atoms with Gasteiger partial charge in [-0.1, -0.05) is 51.5 Å². The zero-order chi connectivity index (χ0) is 20.3. The Labute approximate surface area is 165 Å². The summed E-state index contributed by atoms with van der Waals surface area (Å²) < 4.78 is 12.4. The van der Waals surface area contributed by atoms with Gasteiger partial charge in [-0.3, -0.25) is 9.36 Å². The van der Waals surface area contributed by atoms with Gasteiger partial charge >= 0.3 is 0 Å². The molecule has 148 valence electrons. The van der Waals surface area contributed by atoms with Crippen LogP contribution < -0.4 is 4.74 Å². The Balaban J connectivity index is 2.14. The van der Waals surface area contributed by atoms with Crippen LogP contribution >= 0.6 is 0 Å². The number of aromatic hydroxyl groups is 1. The molecule has 2 aromatic carbocycles. The lowest BCUT2D eigenvalue weighted by Crippen LogP contribution is -2.14. The van der Waals surface area contributed by atoms with E-state index >= 15 is 0 Å². The van der Waals surface area contributed by atoms with Crippen LogP contribution in [0.5, 0.6) is 11.5 Å². The van der Waals surface area contributed by atoms with Crippen LogP contribution in [-0.4, -0.2) is 29.5 Å². The molecule has 1 N–H and O–H groups in total. The Morgan fingerprint density at radius 1 is 1.18 bits per heavy atom. The average Bonchev–Trinajstić information content (AvgIpc) is 3.12. The van der Waals surface area contributed by atoms with Gasteiger partial charge in [0, 0.05) is 25.1 Å². The van der Waals surface area contributed by atoms with E-state index in [4.69, 9.17) is 9.47 Å². The number of hydrogen-bond acceptors (Lipinski definition) is 4. The Kier molecular flexibility index (Phi) is 6.05. The number of carbonyl (C=O) groups is 1. The van der Waals surface area contributed by atoms with Crippen molar-refractivity contribution in [2.24, 2.45) is 0 Å². The number of phenolic OH excluding ortho intramolecular Hbond substituents is 1. The summed E-state index contributed by atoms with van der Waals surface area (Å²) >= 11 is 0. The first kappa shape index (κ1) is 20.0. The molecule has 1 aromatic heterocycles. The van der Waals surface area contributed by atoms with E-state index in [9.17, 15) is 9.90 Å². The van der Waals surface area contributed by atoms with Crippen LogP contribution in [-0.2, 0) is 11.2 Å². The van der Waals surface area contributed by atoms with Crippen LogP contribution in [0.4, 0.5) is 0 Å². The van der Waals surface area contributed by atoms with Crippen molar-refractivity contribution in [3.8, 4) is 11.5 Å². The van der Waals surface area contributed by atoms with Crippen LogP contribution in [0.2, 0.25) is 0 Å². The highest BCUT2D eigenvalue weighted by molar-refractivity contribution is 6.02. The van der Waals surface area contributed by atoms with E-state index in [1.165, 1.54) is 4.57 Å². The maximum absolute atomic E-state index is 13.2. The van der Waals surface area contributed by atoms with Gasteiger partial charge in [-0.2, -0.15) is 0 Å². The van der Waals surface area contributed by atoms with Gasteiger partial charge in [-0.15, -0.1) is 0 Å². The van der Waals surface area contributed by atoms with Crippen molar-refractivity contribution in [3.63, 3.8) is 0 Å². The molecule has 0 atom stereocenters. The Bertz CT molecular complexity index is 955. The number of hydrogen-bond donors (Lipinski definition) is 1. The number of carbonyl (C=O) groups excluding carboxylic acids is 1. The summed E-state index contributed by atoms with van der Waals surface area (Å²) in [5.41, 5.74) is 1.83. The summed E-state index contributed by atoms with van der Waals surface area (Å²) in [6.07, 6.45) is 5.01. The average molecular weight is 381 g/mol. The molecule has 28 heavy (non-hydrogen) atoms. The van der Waals surface area contributed by atoms with Gasteiger partial charge in [0.2, 0.25) is 0 Å². The molecular weight excluding hydrogens is 354 g/mol. The normalized spacial score (nSPS) is 11.3. The number of benzene rings is 2. The quantitative estimate of drug-likeness (QED) is 0.579. The van der Waals surface area contributed by atoms with Gasteiger partial charge < -0.3 is 14.6 Å². The minimum absolute atomic E-state index is 0.0138. The first-order valence-electron chi connectivity index (χ1n) is 9.59. The molecule has 0 aliphatic heterocycles. The summed E-state index contributed by atoms with van der Waals surface area (Å²) in [6, 6.07) is 9.54. The molecule has 0 saturated heterocycles. The molecule has 0 aliphatic carbocycles. The summed E-state index contributed by atoms with van der Waals surface area (Å²) in [4.78, 5) is 13.2. The van der Waals surface area contributed by atoms with Crippen LogP contribution in [0, 0.1) is 0 Å². The lowest BCUT2D eigenvalue weighted by Gasteiger charge is -2.21. The molecule has 1 heterocycles. The van der Waals surface area contributed by atoms with Crippen LogP contribution in [0.15, 0.2) is 42.7 Å². The van der Waals surface area contributed by atoms with E-state index in [0.717, 1.165) is 22.8 Å². The third-order valence-corrected chi connectivity index (χ3v) is 4.84. The largest absolute Gasteiger partial charge is 0.507 e. The van der Waals surface area contributed by atoms with Crippen molar-refractivity contribution in [1.29, 1.82) is 0 Å². The molecular formula is C23H27NO4. The topological polar surface area (TPSA) is 60.7 Å². The summed E-state index contributed by atoms with van der Waals surface area (Å²) in [5.74, 6) is 0.468. The van der Waals surface area contributed by atoms with Crippen molar-refractivity contribution in [1.82, 2.24) is 4.57 Å². The van der Waals surface area contributed by atoms with Gasteiger partial charge in [-0.25, -0.2) is 0 Å². The van der Waals surface area contributed by atoms with Gasteiger partial charge in [0.1, 0.15) is 11.5 Å². The van der Waals surface area contributed by atoms with Gasteiger partial charge in [-0.05, 0) is 34.7 Å². The smallest absolute Gasteiger partial charge is 0.265 e. The second kappa shape index (κ2) is 8.48. The second-order valence-corrected chi connectivity index (χ2v) is 7.22. The fourth-order valence-corrected chi connectivity index (χ4v) is 3.44. The minimum Gasteiger partial charge on any atom is -0.507 e. The van der Waals surface area contributed by atoms with Gasteiger partial charge in [0.15, 0.2) is 6.79 Å². The molecule has 0 radical (unpaired) electrons. The van der Waals surface area contributed by atoms with Crippen LogP contribution in [0.3, 0.4) is 0 Å². The lowest BCUT2D eigenvalue weighted by molar-refractivity contribution is 0.0493. The van der Waals surface area contributed by atoms with Gasteiger partial charge in [0.05, 0.1) is 5.56 Å². The third-order valence-electron chi connectivity index (χ3n) is 4.84. The number of nitrogens with zero attached hydrogens (tertiary/aromatic N) is 1. The van der Waals surface area contributed by atoms with Crippen LogP contribution in [0.1, 0.15) is 54.6 Å². The molecule has 5 nitrogen and oxygen atoms in total. The Hall–Kier alpha value is -2.79. The lowest BCUT2D eigenvalue weighted by atomic mass is 9.92. The number of fused-ring (bicyclic) bond motifs is 1. The SMILES string of the molecule is CCCc1c(O)c(C(=O)n2cc3ccccc3c2)cc(C(C)C)c1OCOC. The maximum atomic E-state index is 13.2. The molecule has 0 saturated carbocycles. The van der Waals surface area contributed by atoms with E-state index in [1.807, 2.05) is 45.0 Å². The second-order valence-electron chi connectivity index (χ2n) is 7.22. The van der Waals surface area contributed by atoms with Crippen molar-refractivity contribution in [2.45, 2.75) is 39.5 Å². The number of aromatic nitrogens is 1. The number of ether oxygens (including phenoxy) is 2. The molecule has 0 amide bonds. The summed E-state index contributed by atoms with van der Waals surface area (Å²) in [6.45, 7) is 6.20. The van der Waals surface area contributed by atoms with Gasteiger partial charge in [0.25, 0.3) is 5.91 Å². The van der Waals surface area contributed by atoms with Crippen molar-refractivity contribution in [3.05, 3.63) is 59.4 Å². The molecule has 0 aliphatic rings. The highest BCUT2D eigenvalue weighted by atomic mass is 16.7. The minimum atomic E-state index is -0.258. The molecule has 0 unspecified atom stereocenters. The molecule has 0 bridgehead atoms. The van der Waals surface area contributed by atoms with E-state index in [0.29, 0.717) is 17.7 Å². The Morgan fingerprint density at radius 2 is 1.82 bits per heavy atom. The molecule has 0 spiro atoms. The first-order chi connectivity index (χ1) is 13.5. The first-order valence-corrected chi connectivity index (χ1v) is 9.59. The fraction of sp³-hybridized carbons (Fsp3) is 0.348. The summed E-state index contributed by atoms with van der Waals surface area (Å²) in [5, 5.41) is 12.9. The number of rotatable bonds is 7. The zero-order valence-corrected chi connectivity index (χ0v) is 16.9. The van der Waals surface area contributed by atoms with Crippen molar-refractivity contribution >= 4 is 16.7 Å². The monoisotopic (exact) mass is 381 g/mol. The number of methoxy groups -OCH3 is 1. The fourth-order valence-electron chi connectivity index (χ4n) is 3.44. The maximum Gasteiger partial charge on any atom is 0.265 e. The molecule has 3 rings (SSSR count). The predicted octanol–water partition coefficient (Wildman–Crippen LogP) is 5.09.